The average Bonchev–Trinajstić information content (AvgIpc) is 2.32. The Labute approximate surface area is 105 Å². The number of Topliss-reactive ketones (excluding diaryl/α,β-unsaturated/α-hetero) is 2. The van der Waals surface area contributed by atoms with Gasteiger partial charge in [0.2, 0.25) is 0 Å². The molecule has 2 unspecified atom stereocenters. The Bertz CT molecular complexity index is 337. The van der Waals surface area contributed by atoms with Gasteiger partial charge in [-0.3, -0.25) is 19.2 Å². The Morgan fingerprint density at radius 2 is 1.28 bits per heavy atom. The highest BCUT2D eigenvalue weighted by Crippen LogP contribution is 2.27. The predicted octanol–water partition coefficient (Wildman–Crippen LogP) is 0.277. The normalized spacial score (nSPS) is 23.7. The molecule has 18 heavy (non-hydrogen) atoms. The zero-order valence-electron chi connectivity index (χ0n) is 10.4. The summed E-state index contributed by atoms with van der Waals surface area (Å²) in [6, 6.07) is 0. The van der Waals surface area contributed by atoms with E-state index in [0.717, 1.165) is 0 Å². The van der Waals surface area contributed by atoms with Crippen molar-refractivity contribution in [1.82, 2.24) is 0 Å². The lowest BCUT2D eigenvalue weighted by molar-refractivity contribution is -0.168. The molecule has 6 heteroatoms. The van der Waals surface area contributed by atoms with Crippen LogP contribution in [-0.2, 0) is 28.7 Å². The van der Waals surface area contributed by atoms with E-state index in [1.807, 2.05) is 0 Å². The Balaban J connectivity index is 2.97. The van der Waals surface area contributed by atoms with Crippen molar-refractivity contribution in [3.05, 3.63) is 0 Å². The van der Waals surface area contributed by atoms with Gasteiger partial charge in [0, 0.05) is 12.8 Å². The highest BCUT2D eigenvalue weighted by atomic mass is 16.5. The Hall–Kier alpha value is -1.72. The lowest BCUT2D eigenvalue weighted by Gasteiger charge is -2.25. The zero-order chi connectivity index (χ0) is 13.7. The van der Waals surface area contributed by atoms with Crippen molar-refractivity contribution in [2.24, 2.45) is 11.8 Å². The Kier molecular flexibility index (Phi) is 5.00. The van der Waals surface area contributed by atoms with Crippen LogP contribution in [0, 0.1) is 11.8 Å². The van der Waals surface area contributed by atoms with Crippen molar-refractivity contribution < 1.29 is 28.7 Å². The second-order valence-corrected chi connectivity index (χ2v) is 3.89. The largest absolute Gasteiger partial charge is 0.465 e. The van der Waals surface area contributed by atoms with Crippen LogP contribution >= 0.6 is 0 Å². The van der Waals surface area contributed by atoms with Gasteiger partial charge >= 0.3 is 11.9 Å². The molecule has 0 aromatic rings. The molecule has 1 aliphatic rings. The molecule has 0 N–H and O–H groups in total. The van der Waals surface area contributed by atoms with Gasteiger partial charge in [0.05, 0.1) is 13.2 Å². The molecule has 1 fully saturated rings. The number of hydrogen-bond donors (Lipinski definition) is 0. The van der Waals surface area contributed by atoms with E-state index in [0.29, 0.717) is 0 Å². The van der Waals surface area contributed by atoms with Crippen LogP contribution in [-0.4, -0.2) is 36.7 Å². The SMILES string of the molecule is CCOC(=O)C1C(=O)CCC(=O)C1C(=O)OCC. The number of carbonyl (C=O) groups is 4. The standard InChI is InChI=1S/C12H16O6/c1-3-17-11(15)9-7(13)5-6-8(14)10(9)12(16)18-4-2/h9-10H,3-6H2,1-2H3. The fourth-order valence-electron chi connectivity index (χ4n) is 1.93. The summed E-state index contributed by atoms with van der Waals surface area (Å²) in [6.07, 6.45) is -0.0591. The van der Waals surface area contributed by atoms with Crippen LogP contribution in [0.3, 0.4) is 0 Å². The molecule has 1 rings (SSSR count). The van der Waals surface area contributed by atoms with Crippen molar-refractivity contribution in [2.45, 2.75) is 26.7 Å². The number of ether oxygens (including phenoxy) is 2. The van der Waals surface area contributed by atoms with Crippen molar-refractivity contribution >= 4 is 23.5 Å². The number of carbonyl (C=O) groups excluding carboxylic acids is 4. The molecule has 0 bridgehead atoms. The van der Waals surface area contributed by atoms with Crippen LogP contribution in [0.25, 0.3) is 0 Å². The van der Waals surface area contributed by atoms with Crippen LogP contribution in [0.15, 0.2) is 0 Å². The van der Waals surface area contributed by atoms with E-state index < -0.39 is 35.3 Å². The van der Waals surface area contributed by atoms with E-state index in [2.05, 4.69) is 0 Å². The van der Waals surface area contributed by atoms with Gasteiger partial charge in [-0.15, -0.1) is 0 Å². The minimum absolute atomic E-state index is 0.0295. The number of rotatable bonds is 4. The first kappa shape index (κ1) is 14.3. The monoisotopic (exact) mass is 256 g/mol. The fourth-order valence-corrected chi connectivity index (χ4v) is 1.93. The van der Waals surface area contributed by atoms with E-state index in [1.54, 1.807) is 13.8 Å². The third kappa shape index (κ3) is 2.94. The van der Waals surface area contributed by atoms with Crippen LogP contribution < -0.4 is 0 Å². The van der Waals surface area contributed by atoms with Crippen molar-refractivity contribution in [3.8, 4) is 0 Å². The van der Waals surface area contributed by atoms with Gasteiger partial charge in [-0.25, -0.2) is 0 Å². The quantitative estimate of drug-likeness (QED) is 0.530. The summed E-state index contributed by atoms with van der Waals surface area (Å²) in [7, 11) is 0. The first-order valence-electron chi connectivity index (χ1n) is 5.91. The molecule has 0 heterocycles. The van der Waals surface area contributed by atoms with Crippen LogP contribution in [0.2, 0.25) is 0 Å². The third-order valence-electron chi connectivity index (χ3n) is 2.73. The van der Waals surface area contributed by atoms with E-state index in [9.17, 15) is 19.2 Å². The smallest absolute Gasteiger partial charge is 0.317 e. The summed E-state index contributed by atoms with van der Waals surface area (Å²) < 4.78 is 9.48. The maximum atomic E-state index is 11.7. The maximum absolute atomic E-state index is 11.7. The van der Waals surface area contributed by atoms with Gasteiger partial charge in [0.25, 0.3) is 0 Å². The molecule has 0 aromatic carbocycles. The lowest BCUT2D eigenvalue weighted by atomic mass is 9.77. The lowest BCUT2D eigenvalue weighted by Crippen LogP contribution is -2.45. The molecule has 0 aromatic heterocycles. The van der Waals surface area contributed by atoms with Crippen LogP contribution in [0.1, 0.15) is 26.7 Å². The van der Waals surface area contributed by atoms with Crippen molar-refractivity contribution in [1.29, 1.82) is 0 Å². The average molecular weight is 256 g/mol. The molecule has 1 saturated carbocycles. The first-order chi connectivity index (χ1) is 8.52. The predicted molar refractivity (Wildman–Crippen MR) is 59.5 cm³/mol. The van der Waals surface area contributed by atoms with Gasteiger partial charge in [-0.2, -0.15) is 0 Å². The molecule has 0 spiro atoms. The van der Waals surface area contributed by atoms with E-state index in [-0.39, 0.29) is 26.1 Å². The van der Waals surface area contributed by atoms with E-state index >= 15 is 0 Å². The third-order valence-corrected chi connectivity index (χ3v) is 2.73. The molecule has 6 nitrogen and oxygen atoms in total. The second kappa shape index (κ2) is 6.28. The Morgan fingerprint density at radius 3 is 1.56 bits per heavy atom. The summed E-state index contributed by atoms with van der Waals surface area (Å²) in [5.41, 5.74) is 0. The molecule has 0 amide bonds. The number of ketones is 2. The molecule has 0 aliphatic heterocycles. The van der Waals surface area contributed by atoms with Crippen LogP contribution in [0.5, 0.6) is 0 Å². The fraction of sp³-hybridized carbons (Fsp3) is 0.667. The van der Waals surface area contributed by atoms with Crippen LogP contribution in [0.4, 0.5) is 0 Å². The molecule has 100 valence electrons. The summed E-state index contributed by atoms with van der Waals surface area (Å²) in [5, 5.41) is 0. The topological polar surface area (TPSA) is 86.7 Å². The molecule has 1 aliphatic carbocycles. The summed E-state index contributed by atoms with van der Waals surface area (Å²) in [6.45, 7) is 3.36. The van der Waals surface area contributed by atoms with E-state index in [1.165, 1.54) is 0 Å². The maximum Gasteiger partial charge on any atom is 0.317 e. The van der Waals surface area contributed by atoms with Crippen molar-refractivity contribution in [3.63, 3.8) is 0 Å². The Morgan fingerprint density at radius 1 is 0.944 bits per heavy atom. The molecular weight excluding hydrogens is 240 g/mol. The minimum Gasteiger partial charge on any atom is -0.465 e. The molecule has 0 saturated heterocycles. The van der Waals surface area contributed by atoms with Gasteiger partial charge in [0.15, 0.2) is 0 Å². The summed E-state index contributed by atoms with van der Waals surface area (Å²) in [4.78, 5) is 46.8. The number of esters is 2. The molecule has 2 atom stereocenters. The zero-order valence-corrected chi connectivity index (χ0v) is 10.4. The summed E-state index contributed by atoms with van der Waals surface area (Å²) >= 11 is 0. The minimum atomic E-state index is -1.34. The van der Waals surface area contributed by atoms with Gasteiger partial charge < -0.3 is 9.47 Å². The summed E-state index contributed by atoms with van der Waals surface area (Å²) in [5.74, 6) is -5.21. The number of hydrogen-bond acceptors (Lipinski definition) is 6. The van der Waals surface area contributed by atoms with Gasteiger partial charge in [-0.05, 0) is 13.8 Å². The second-order valence-electron chi connectivity index (χ2n) is 3.89. The first-order valence-corrected chi connectivity index (χ1v) is 5.91. The highest BCUT2D eigenvalue weighted by Gasteiger charge is 2.48. The van der Waals surface area contributed by atoms with E-state index in [4.69, 9.17) is 9.47 Å². The van der Waals surface area contributed by atoms with Crippen molar-refractivity contribution in [2.75, 3.05) is 13.2 Å². The van der Waals surface area contributed by atoms with Gasteiger partial charge in [0.1, 0.15) is 23.4 Å². The highest BCUT2D eigenvalue weighted by molar-refractivity contribution is 6.14. The molecular formula is C12H16O6. The van der Waals surface area contributed by atoms with Gasteiger partial charge in [-0.1, -0.05) is 0 Å². The molecule has 0 radical (unpaired) electrons.